The second-order valence-corrected chi connectivity index (χ2v) is 7.79. The molecule has 9 heteroatoms. The maximum atomic E-state index is 12.5. The summed E-state index contributed by atoms with van der Waals surface area (Å²) in [7, 11) is 1.59. The van der Waals surface area contributed by atoms with Crippen LogP contribution in [0.4, 0.5) is 9.80 Å². The van der Waals surface area contributed by atoms with Crippen LogP contribution in [0.3, 0.4) is 0 Å². The van der Waals surface area contributed by atoms with Crippen LogP contribution in [0.15, 0.2) is 24.3 Å². The molecule has 2 aromatic rings. The van der Waals surface area contributed by atoms with Crippen molar-refractivity contribution in [3.8, 4) is 11.8 Å². The fourth-order valence-corrected chi connectivity index (χ4v) is 4.57. The molecule has 0 bridgehead atoms. The van der Waals surface area contributed by atoms with Gasteiger partial charge in [0.2, 0.25) is 5.91 Å². The molecule has 158 valence electrons. The van der Waals surface area contributed by atoms with Crippen molar-refractivity contribution in [2.45, 2.75) is 25.8 Å². The van der Waals surface area contributed by atoms with Crippen molar-refractivity contribution < 1.29 is 24.2 Å². The van der Waals surface area contributed by atoms with Gasteiger partial charge in [-0.1, -0.05) is 18.2 Å². The molecule has 1 aliphatic rings. The lowest BCUT2D eigenvalue weighted by Gasteiger charge is -2.26. The van der Waals surface area contributed by atoms with Gasteiger partial charge in [0, 0.05) is 17.8 Å². The van der Waals surface area contributed by atoms with Crippen LogP contribution in [0.5, 0.6) is 5.75 Å². The van der Waals surface area contributed by atoms with Crippen LogP contribution in [0.25, 0.3) is 0 Å². The summed E-state index contributed by atoms with van der Waals surface area (Å²) in [5, 5.41) is 21.8. The van der Waals surface area contributed by atoms with Crippen LogP contribution < -0.4 is 10.1 Å². The van der Waals surface area contributed by atoms with E-state index in [-0.39, 0.29) is 25.5 Å². The van der Waals surface area contributed by atoms with Crippen LogP contribution >= 0.6 is 11.3 Å². The van der Waals surface area contributed by atoms with Gasteiger partial charge in [-0.25, -0.2) is 4.79 Å². The number of amides is 2. The van der Waals surface area contributed by atoms with Crippen LogP contribution in [-0.4, -0.2) is 48.9 Å². The minimum absolute atomic E-state index is 0.0520. The Balaban J connectivity index is 1.66. The fraction of sp³-hybridized carbons (Fsp3) is 0.381. The predicted octanol–water partition coefficient (Wildman–Crippen LogP) is 2.69. The Morgan fingerprint density at radius 1 is 1.37 bits per heavy atom. The molecule has 0 aliphatic carbocycles. The standard InChI is InChI=1S/C21H23N3O5S/c1-28-17-5-3-2-4-14(17)6-7-19(26)23-20-16(12-22)15-8-9-24(13-18(15)30-20)21(27)29-11-10-25/h2-5,25H,6-11,13H2,1H3,(H,23,26). The van der Waals surface area contributed by atoms with E-state index in [9.17, 15) is 14.9 Å². The number of aryl methyl sites for hydroxylation is 1. The number of benzene rings is 1. The Morgan fingerprint density at radius 3 is 2.90 bits per heavy atom. The topological polar surface area (TPSA) is 112 Å². The number of aliphatic hydroxyl groups excluding tert-OH is 1. The molecule has 2 N–H and O–H groups in total. The Labute approximate surface area is 178 Å². The van der Waals surface area contributed by atoms with Crippen molar-refractivity contribution in [2.75, 3.05) is 32.2 Å². The number of anilines is 1. The number of carbonyl (C=O) groups is 2. The molecule has 0 radical (unpaired) electrons. The minimum atomic E-state index is -0.496. The average Bonchev–Trinajstić information content (AvgIpc) is 3.11. The van der Waals surface area contributed by atoms with E-state index in [0.717, 1.165) is 21.8 Å². The summed E-state index contributed by atoms with van der Waals surface area (Å²) in [5.41, 5.74) is 2.27. The zero-order valence-corrected chi connectivity index (χ0v) is 17.5. The van der Waals surface area contributed by atoms with Crippen LogP contribution in [-0.2, 0) is 28.9 Å². The number of fused-ring (bicyclic) bond motifs is 1. The number of hydrogen-bond donors (Lipinski definition) is 2. The van der Waals surface area contributed by atoms with Crippen molar-refractivity contribution >= 4 is 28.3 Å². The molecule has 8 nitrogen and oxygen atoms in total. The van der Waals surface area contributed by atoms with Crippen molar-refractivity contribution in [3.05, 3.63) is 45.8 Å². The van der Waals surface area contributed by atoms with E-state index in [1.54, 1.807) is 7.11 Å². The van der Waals surface area contributed by atoms with Gasteiger partial charge in [0.1, 0.15) is 23.4 Å². The molecule has 0 saturated carbocycles. The van der Waals surface area contributed by atoms with Crippen molar-refractivity contribution in [2.24, 2.45) is 0 Å². The Kier molecular flexibility index (Phi) is 7.27. The molecule has 2 heterocycles. The third kappa shape index (κ3) is 4.90. The van der Waals surface area contributed by atoms with E-state index >= 15 is 0 Å². The van der Waals surface area contributed by atoms with Gasteiger partial charge in [0.15, 0.2) is 0 Å². The third-order valence-electron chi connectivity index (χ3n) is 4.81. The van der Waals surface area contributed by atoms with E-state index in [1.165, 1.54) is 16.2 Å². The minimum Gasteiger partial charge on any atom is -0.496 e. The summed E-state index contributed by atoms with van der Waals surface area (Å²) in [5.74, 6) is 0.554. The molecule has 0 fully saturated rings. The molecular formula is C21H23N3O5S. The zero-order chi connectivity index (χ0) is 21.5. The largest absolute Gasteiger partial charge is 0.496 e. The molecular weight excluding hydrogens is 406 g/mol. The van der Waals surface area contributed by atoms with Gasteiger partial charge in [-0.3, -0.25) is 4.79 Å². The van der Waals surface area contributed by atoms with Crippen molar-refractivity contribution in [3.63, 3.8) is 0 Å². The molecule has 0 unspecified atom stereocenters. The van der Waals surface area contributed by atoms with Gasteiger partial charge < -0.3 is 24.8 Å². The molecule has 1 aliphatic heterocycles. The quantitative estimate of drug-likeness (QED) is 0.700. The molecule has 30 heavy (non-hydrogen) atoms. The predicted molar refractivity (Wildman–Crippen MR) is 112 cm³/mol. The van der Waals surface area contributed by atoms with Crippen LogP contribution in [0, 0.1) is 11.3 Å². The van der Waals surface area contributed by atoms with Gasteiger partial charge in [-0.05, 0) is 30.0 Å². The lowest BCUT2D eigenvalue weighted by Crippen LogP contribution is -2.36. The molecule has 0 spiro atoms. The van der Waals surface area contributed by atoms with E-state index < -0.39 is 6.09 Å². The number of thiophene rings is 1. The highest BCUT2D eigenvalue weighted by Gasteiger charge is 2.28. The Bertz CT molecular complexity index is 966. The zero-order valence-electron chi connectivity index (χ0n) is 16.6. The SMILES string of the molecule is COc1ccccc1CCC(=O)Nc1sc2c(c1C#N)CCN(C(=O)OCCO)C2. The number of nitrogens with one attached hydrogen (secondary N) is 1. The third-order valence-corrected chi connectivity index (χ3v) is 5.94. The average molecular weight is 429 g/mol. The van der Waals surface area contributed by atoms with Gasteiger partial charge in [0.05, 0.1) is 25.8 Å². The number of ether oxygens (including phenoxy) is 2. The summed E-state index contributed by atoms with van der Waals surface area (Å²) in [4.78, 5) is 26.9. The second kappa shape index (κ2) is 10.1. The first-order chi connectivity index (χ1) is 14.6. The molecule has 0 atom stereocenters. The summed E-state index contributed by atoms with van der Waals surface area (Å²) >= 11 is 1.31. The number of aliphatic hydroxyl groups is 1. The first-order valence-corrected chi connectivity index (χ1v) is 10.4. The number of rotatable bonds is 7. The fourth-order valence-electron chi connectivity index (χ4n) is 3.34. The maximum Gasteiger partial charge on any atom is 0.410 e. The highest BCUT2D eigenvalue weighted by Crippen LogP contribution is 2.37. The van der Waals surface area contributed by atoms with E-state index in [1.807, 2.05) is 24.3 Å². The molecule has 0 saturated heterocycles. The maximum absolute atomic E-state index is 12.5. The number of carbonyl (C=O) groups excluding carboxylic acids is 2. The number of para-hydroxylation sites is 1. The lowest BCUT2D eigenvalue weighted by molar-refractivity contribution is -0.116. The lowest BCUT2D eigenvalue weighted by atomic mass is 10.0. The Morgan fingerprint density at radius 2 is 2.17 bits per heavy atom. The molecule has 2 amide bonds. The number of hydrogen-bond acceptors (Lipinski definition) is 7. The monoisotopic (exact) mass is 429 g/mol. The normalized spacial score (nSPS) is 12.6. The van der Waals surface area contributed by atoms with E-state index in [2.05, 4.69) is 11.4 Å². The molecule has 1 aromatic heterocycles. The highest BCUT2D eigenvalue weighted by molar-refractivity contribution is 7.16. The van der Waals surface area contributed by atoms with Gasteiger partial charge >= 0.3 is 6.09 Å². The number of methoxy groups -OCH3 is 1. The summed E-state index contributed by atoms with van der Waals surface area (Å²) in [6, 6.07) is 9.73. The molecule has 3 rings (SSSR count). The first-order valence-electron chi connectivity index (χ1n) is 9.56. The Hall–Kier alpha value is -3.09. The van der Waals surface area contributed by atoms with Gasteiger partial charge in [-0.15, -0.1) is 11.3 Å². The molecule has 1 aromatic carbocycles. The first kappa shape index (κ1) is 21.6. The van der Waals surface area contributed by atoms with Crippen molar-refractivity contribution in [1.82, 2.24) is 4.90 Å². The smallest absolute Gasteiger partial charge is 0.410 e. The summed E-state index contributed by atoms with van der Waals surface area (Å²) in [6.07, 6.45) is 0.796. The van der Waals surface area contributed by atoms with Crippen LogP contribution in [0.1, 0.15) is 28.0 Å². The van der Waals surface area contributed by atoms with Gasteiger partial charge in [0.25, 0.3) is 0 Å². The van der Waals surface area contributed by atoms with E-state index in [4.69, 9.17) is 14.6 Å². The van der Waals surface area contributed by atoms with Gasteiger partial charge in [-0.2, -0.15) is 5.26 Å². The summed E-state index contributed by atoms with van der Waals surface area (Å²) in [6.45, 7) is 0.455. The van der Waals surface area contributed by atoms with Crippen LogP contribution in [0.2, 0.25) is 0 Å². The van der Waals surface area contributed by atoms with E-state index in [0.29, 0.717) is 36.5 Å². The number of nitrogens with zero attached hydrogens (tertiary/aromatic N) is 2. The van der Waals surface area contributed by atoms with Crippen molar-refractivity contribution in [1.29, 1.82) is 5.26 Å². The number of nitriles is 1. The second-order valence-electron chi connectivity index (χ2n) is 6.69. The highest BCUT2D eigenvalue weighted by atomic mass is 32.1. The summed E-state index contributed by atoms with van der Waals surface area (Å²) < 4.78 is 10.3.